The number of rotatable bonds is 6. The Morgan fingerprint density at radius 2 is 1.96 bits per heavy atom. The minimum absolute atomic E-state index is 0.0932. The minimum Gasteiger partial charge on any atom is -0.496 e. The predicted octanol–water partition coefficient (Wildman–Crippen LogP) is 2.41. The van der Waals surface area contributed by atoms with E-state index in [2.05, 4.69) is 10.3 Å². The summed E-state index contributed by atoms with van der Waals surface area (Å²) < 4.78 is 7.08. The molecule has 0 bridgehead atoms. The van der Waals surface area contributed by atoms with E-state index in [0.29, 0.717) is 5.82 Å². The van der Waals surface area contributed by atoms with E-state index in [1.165, 1.54) is 0 Å². The minimum atomic E-state index is -0.218. The van der Waals surface area contributed by atoms with Crippen molar-refractivity contribution in [2.45, 2.75) is 26.1 Å². The number of ether oxygens (including phenoxy) is 1. The van der Waals surface area contributed by atoms with Crippen LogP contribution in [0.5, 0.6) is 5.75 Å². The highest BCUT2D eigenvalue weighted by Gasteiger charge is 2.16. The highest BCUT2D eigenvalue weighted by Crippen LogP contribution is 2.24. The molecule has 1 aromatic heterocycles. The first-order valence-electron chi connectivity index (χ1n) is 8.11. The van der Waals surface area contributed by atoms with Crippen LogP contribution in [-0.2, 0) is 17.9 Å². The number of hydrogen-bond donors (Lipinski definition) is 2. The van der Waals surface area contributed by atoms with Crippen molar-refractivity contribution in [1.29, 1.82) is 0 Å². The van der Waals surface area contributed by atoms with Gasteiger partial charge in [0.25, 0.3) is 0 Å². The van der Waals surface area contributed by atoms with Gasteiger partial charge in [-0.3, -0.25) is 4.79 Å². The number of para-hydroxylation sites is 3. The molecule has 1 amide bonds. The number of aliphatic hydroxyl groups is 1. The zero-order valence-electron chi connectivity index (χ0n) is 14.3. The Morgan fingerprint density at radius 3 is 2.72 bits per heavy atom. The third-order valence-electron chi connectivity index (χ3n) is 4.16. The van der Waals surface area contributed by atoms with Crippen LogP contribution in [0.4, 0.5) is 0 Å². The van der Waals surface area contributed by atoms with Crippen LogP contribution >= 0.6 is 0 Å². The summed E-state index contributed by atoms with van der Waals surface area (Å²) in [7, 11) is 1.61. The van der Waals surface area contributed by atoms with Crippen molar-refractivity contribution in [2.24, 2.45) is 0 Å². The maximum absolute atomic E-state index is 12.5. The molecular formula is C19H21N3O3. The van der Waals surface area contributed by atoms with Crippen molar-refractivity contribution in [3.63, 3.8) is 0 Å². The maximum Gasteiger partial charge on any atom is 0.240 e. The summed E-state index contributed by atoms with van der Waals surface area (Å²) in [5, 5.41) is 12.5. The Kier molecular flexibility index (Phi) is 5.00. The van der Waals surface area contributed by atoms with Gasteiger partial charge in [-0.2, -0.15) is 0 Å². The molecule has 1 unspecified atom stereocenters. The molecule has 0 spiro atoms. The molecule has 6 nitrogen and oxygen atoms in total. The standard InChI is InChI=1S/C19H21N3O3/c1-13(14-7-3-6-10-17(14)25-2)20-19(24)11-22-16-9-5-4-8-15(16)21-18(22)12-23/h3-10,13,23H,11-12H2,1-2H3,(H,20,24). The van der Waals surface area contributed by atoms with Crippen LogP contribution < -0.4 is 10.1 Å². The first-order valence-corrected chi connectivity index (χ1v) is 8.11. The number of imidazole rings is 1. The van der Waals surface area contributed by atoms with Gasteiger partial charge in [-0.15, -0.1) is 0 Å². The number of hydrogen-bond acceptors (Lipinski definition) is 4. The number of nitrogens with zero attached hydrogens (tertiary/aromatic N) is 2. The number of aliphatic hydroxyl groups excluding tert-OH is 1. The van der Waals surface area contributed by atoms with Crippen molar-refractivity contribution in [1.82, 2.24) is 14.9 Å². The molecule has 0 aliphatic carbocycles. The van der Waals surface area contributed by atoms with E-state index in [0.717, 1.165) is 22.3 Å². The number of amides is 1. The molecule has 0 aliphatic heterocycles. The number of methoxy groups -OCH3 is 1. The SMILES string of the molecule is COc1ccccc1C(C)NC(=O)Cn1c(CO)nc2ccccc21. The molecule has 0 saturated heterocycles. The molecule has 1 atom stereocenters. The van der Waals surface area contributed by atoms with Crippen molar-refractivity contribution >= 4 is 16.9 Å². The van der Waals surface area contributed by atoms with Crippen molar-refractivity contribution in [3.05, 3.63) is 59.9 Å². The van der Waals surface area contributed by atoms with E-state index in [4.69, 9.17) is 4.74 Å². The maximum atomic E-state index is 12.5. The van der Waals surface area contributed by atoms with Gasteiger partial charge in [0.15, 0.2) is 0 Å². The van der Waals surface area contributed by atoms with Crippen LogP contribution in [0, 0.1) is 0 Å². The summed E-state index contributed by atoms with van der Waals surface area (Å²) in [6.45, 7) is 1.79. The van der Waals surface area contributed by atoms with Gasteiger partial charge >= 0.3 is 0 Å². The van der Waals surface area contributed by atoms with Gasteiger partial charge in [0.1, 0.15) is 24.7 Å². The lowest BCUT2D eigenvalue weighted by atomic mass is 10.1. The Balaban J connectivity index is 1.79. The molecule has 6 heteroatoms. The molecule has 3 aromatic rings. The summed E-state index contributed by atoms with van der Waals surface area (Å²) in [6.07, 6.45) is 0. The highest BCUT2D eigenvalue weighted by atomic mass is 16.5. The highest BCUT2D eigenvalue weighted by molar-refractivity contribution is 5.81. The Labute approximate surface area is 146 Å². The molecule has 2 N–H and O–H groups in total. The summed E-state index contributed by atoms with van der Waals surface area (Å²) >= 11 is 0. The van der Waals surface area contributed by atoms with Gasteiger partial charge in [0, 0.05) is 5.56 Å². The normalized spacial score (nSPS) is 12.1. The average molecular weight is 339 g/mol. The molecule has 0 saturated carbocycles. The molecule has 1 heterocycles. The number of carbonyl (C=O) groups excluding carboxylic acids is 1. The summed E-state index contributed by atoms with van der Waals surface area (Å²) in [4.78, 5) is 16.9. The molecule has 3 rings (SSSR count). The molecule has 0 fully saturated rings. The van der Waals surface area contributed by atoms with Gasteiger partial charge < -0.3 is 19.7 Å². The lowest BCUT2D eigenvalue weighted by Crippen LogP contribution is -2.30. The average Bonchev–Trinajstić information content (AvgIpc) is 2.99. The number of benzene rings is 2. The van der Waals surface area contributed by atoms with E-state index in [9.17, 15) is 9.90 Å². The molecule has 0 aliphatic rings. The number of aromatic nitrogens is 2. The largest absolute Gasteiger partial charge is 0.496 e. The number of nitrogens with one attached hydrogen (secondary N) is 1. The fourth-order valence-corrected chi connectivity index (χ4v) is 2.96. The van der Waals surface area contributed by atoms with Gasteiger partial charge in [0.05, 0.1) is 24.2 Å². The van der Waals surface area contributed by atoms with E-state index >= 15 is 0 Å². The van der Waals surface area contributed by atoms with Gasteiger partial charge in [-0.25, -0.2) is 4.98 Å². The Bertz CT molecular complexity index is 889. The topological polar surface area (TPSA) is 76.4 Å². The third-order valence-corrected chi connectivity index (χ3v) is 4.16. The zero-order chi connectivity index (χ0) is 17.8. The van der Waals surface area contributed by atoms with E-state index in [1.807, 2.05) is 55.5 Å². The lowest BCUT2D eigenvalue weighted by Gasteiger charge is -2.18. The lowest BCUT2D eigenvalue weighted by molar-refractivity contribution is -0.122. The summed E-state index contributed by atoms with van der Waals surface area (Å²) in [5.74, 6) is 1.05. The van der Waals surface area contributed by atoms with Crippen LogP contribution in [0.2, 0.25) is 0 Å². The monoisotopic (exact) mass is 339 g/mol. The van der Waals surface area contributed by atoms with Gasteiger partial charge in [0.2, 0.25) is 5.91 Å². The number of fused-ring (bicyclic) bond motifs is 1. The van der Waals surface area contributed by atoms with E-state index < -0.39 is 0 Å². The fourth-order valence-electron chi connectivity index (χ4n) is 2.96. The van der Waals surface area contributed by atoms with Crippen LogP contribution in [0.15, 0.2) is 48.5 Å². The molecular weight excluding hydrogens is 318 g/mol. The first kappa shape index (κ1) is 17.0. The Morgan fingerprint density at radius 1 is 1.24 bits per heavy atom. The van der Waals surface area contributed by atoms with E-state index in [-0.39, 0.29) is 25.1 Å². The predicted molar refractivity (Wildman–Crippen MR) is 95.2 cm³/mol. The second-order valence-electron chi connectivity index (χ2n) is 5.79. The summed E-state index contributed by atoms with van der Waals surface area (Å²) in [6, 6.07) is 14.9. The third kappa shape index (κ3) is 3.49. The molecule has 0 radical (unpaired) electrons. The fraction of sp³-hybridized carbons (Fsp3) is 0.263. The van der Waals surface area contributed by atoms with Crippen LogP contribution in [0.25, 0.3) is 11.0 Å². The van der Waals surface area contributed by atoms with Crippen molar-refractivity contribution < 1.29 is 14.6 Å². The number of carbonyl (C=O) groups is 1. The van der Waals surface area contributed by atoms with E-state index in [1.54, 1.807) is 11.7 Å². The van der Waals surface area contributed by atoms with Crippen LogP contribution in [0.3, 0.4) is 0 Å². The second kappa shape index (κ2) is 7.36. The Hall–Kier alpha value is -2.86. The first-order chi connectivity index (χ1) is 12.1. The van der Waals surface area contributed by atoms with Gasteiger partial charge in [-0.1, -0.05) is 30.3 Å². The zero-order valence-corrected chi connectivity index (χ0v) is 14.3. The summed E-state index contributed by atoms with van der Waals surface area (Å²) in [5.41, 5.74) is 2.50. The second-order valence-corrected chi connectivity index (χ2v) is 5.79. The smallest absolute Gasteiger partial charge is 0.240 e. The molecule has 25 heavy (non-hydrogen) atoms. The quantitative estimate of drug-likeness (QED) is 0.723. The van der Waals surface area contributed by atoms with Crippen LogP contribution in [0.1, 0.15) is 24.4 Å². The molecule has 2 aromatic carbocycles. The van der Waals surface area contributed by atoms with Gasteiger partial charge in [-0.05, 0) is 25.1 Å². The molecule has 130 valence electrons. The van der Waals surface area contributed by atoms with Crippen molar-refractivity contribution in [3.8, 4) is 5.75 Å². The van der Waals surface area contributed by atoms with Crippen LogP contribution in [-0.4, -0.2) is 27.7 Å². The van der Waals surface area contributed by atoms with Crippen molar-refractivity contribution in [2.75, 3.05) is 7.11 Å².